The van der Waals surface area contributed by atoms with Crippen LogP contribution in [0.2, 0.25) is 5.02 Å². The molecule has 1 aliphatic heterocycles. The second-order valence-electron chi connectivity index (χ2n) is 4.60. The summed E-state index contributed by atoms with van der Waals surface area (Å²) in [6.07, 6.45) is 0.149. The summed E-state index contributed by atoms with van der Waals surface area (Å²) in [6, 6.07) is 1.31. The number of benzene rings is 1. The van der Waals surface area contributed by atoms with Crippen molar-refractivity contribution < 1.29 is 13.9 Å². The summed E-state index contributed by atoms with van der Waals surface area (Å²) in [5, 5.41) is 2.53. The van der Waals surface area contributed by atoms with Crippen molar-refractivity contribution in [1.29, 1.82) is 0 Å². The van der Waals surface area contributed by atoms with Gasteiger partial charge in [0.05, 0.1) is 30.2 Å². The maximum atomic E-state index is 14.2. The van der Waals surface area contributed by atoms with Crippen molar-refractivity contribution >= 4 is 34.8 Å². The van der Waals surface area contributed by atoms with Crippen LogP contribution < -0.4 is 21.7 Å². The molecule has 0 spiro atoms. The van der Waals surface area contributed by atoms with Crippen LogP contribution in [0.3, 0.4) is 0 Å². The smallest absolute Gasteiger partial charge is 0.407 e. The van der Waals surface area contributed by atoms with Crippen molar-refractivity contribution in [3.63, 3.8) is 0 Å². The van der Waals surface area contributed by atoms with E-state index in [0.717, 1.165) is 0 Å². The Kier molecular flexibility index (Phi) is 4.08. The number of rotatable bonds is 2. The number of nitrogens with zero attached hydrogens (tertiary/aromatic N) is 1. The first kappa shape index (κ1) is 14.5. The summed E-state index contributed by atoms with van der Waals surface area (Å²) >= 11 is 5.80. The fourth-order valence-corrected chi connectivity index (χ4v) is 2.43. The first-order valence-electron chi connectivity index (χ1n) is 6.06. The monoisotopic (exact) mass is 302 g/mol. The van der Waals surface area contributed by atoms with Crippen molar-refractivity contribution in [2.45, 2.75) is 12.5 Å². The fraction of sp³-hybridized carbons (Fsp3) is 0.417. The molecule has 1 unspecified atom stereocenters. The lowest BCUT2D eigenvalue weighted by Gasteiger charge is -2.22. The highest BCUT2D eigenvalue weighted by atomic mass is 35.5. The number of halogens is 2. The molecule has 0 bridgehead atoms. The Bertz CT molecular complexity index is 541. The molecule has 0 radical (unpaired) electrons. The predicted octanol–water partition coefficient (Wildman–Crippen LogP) is 1.58. The summed E-state index contributed by atoms with van der Waals surface area (Å²) in [4.78, 5) is 12.9. The Hall–Kier alpha value is -1.89. The van der Waals surface area contributed by atoms with Crippen LogP contribution in [0.5, 0.6) is 0 Å². The summed E-state index contributed by atoms with van der Waals surface area (Å²) in [5.41, 5.74) is 11.9. The van der Waals surface area contributed by atoms with Gasteiger partial charge < -0.3 is 26.4 Å². The molecule has 1 aromatic carbocycles. The zero-order valence-electron chi connectivity index (χ0n) is 11.0. The molecule has 5 N–H and O–H groups in total. The summed E-state index contributed by atoms with van der Waals surface area (Å²) < 4.78 is 18.7. The van der Waals surface area contributed by atoms with Gasteiger partial charge in [0, 0.05) is 13.1 Å². The van der Waals surface area contributed by atoms with Crippen LogP contribution in [0.4, 0.5) is 26.2 Å². The number of hydrogen-bond acceptors (Lipinski definition) is 5. The number of amides is 1. The highest BCUT2D eigenvalue weighted by molar-refractivity contribution is 6.33. The van der Waals surface area contributed by atoms with Crippen LogP contribution in [-0.2, 0) is 4.74 Å². The molecule has 1 aromatic rings. The van der Waals surface area contributed by atoms with Gasteiger partial charge in [-0.05, 0) is 12.5 Å². The molecule has 110 valence electrons. The zero-order valence-corrected chi connectivity index (χ0v) is 11.7. The molecule has 1 amide bonds. The third-order valence-electron chi connectivity index (χ3n) is 3.25. The number of ether oxygens (including phenoxy) is 1. The number of hydrogen-bond donors (Lipinski definition) is 3. The van der Waals surface area contributed by atoms with Gasteiger partial charge >= 0.3 is 6.09 Å². The summed E-state index contributed by atoms with van der Waals surface area (Å²) in [5.74, 6) is -0.636. The molecule has 0 saturated carbocycles. The van der Waals surface area contributed by atoms with Gasteiger partial charge in [-0.15, -0.1) is 0 Å². The molecule has 0 aromatic heterocycles. The standard InChI is InChI=1S/C12H16ClFN4O2/c1-20-12(19)17-6-2-3-18(5-6)11-8(16)4-7(15)9(13)10(11)14/h4,6H,2-3,5,15-16H2,1H3,(H,17,19). The fourth-order valence-electron chi connectivity index (χ4n) is 2.28. The minimum atomic E-state index is -0.636. The SMILES string of the molecule is COC(=O)NC1CCN(c2c(N)cc(N)c(Cl)c2F)C1. The first-order chi connectivity index (χ1) is 9.43. The van der Waals surface area contributed by atoms with E-state index in [1.54, 1.807) is 4.90 Å². The van der Waals surface area contributed by atoms with Crippen LogP contribution in [0.1, 0.15) is 6.42 Å². The maximum Gasteiger partial charge on any atom is 0.407 e. The predicted molar refractivity (Wildman–Crippen MR) is 76.4 cm³/mol. The number of alkyl carbamates (subject to hydrolysis) is 1. The third kappa shape index (κ3) is 2.67. The van der Waals surface area contributed by atoms with Gasteiger partial charge in [-0.25, -0.2) is 9.18 Å². The Morgan fingerprint density at radius 1 is 1.55 bits per heavy atom. The lowest BCUT2D eigenvalue weighted by molar-refractivity contribution is 0.167. The average Bonchev–Trinajstić information content (AvgIpc) is 2.84. The van der Waals surface area contributed by atoms with Gasteiger partial charge in [0.15, 0.2) is 5.82 Å². The highest BCUT2D eigenvalue weighted by Gasteiger charge is 2.28. The van der Waals surface area contributed by atoms with Crippen LogP contribution in [0, 0.1) is 5.82 Å². The van der Waals surface area contributed by atoms with E-state index in [1.165, 1.54) is 13.2 Å². The molecule has 1 atom stereocenters. The van der Waals surface area contributed by atoms with Crippen LogP contribution >= 0.6 is 11.6 Å². The molecule has 0 aliphatic carbocycles. The second kappa shape index (κ2) is 5.62. The first-order valence-corrected chi connectivity index (χ1v) is 6.44. The van der Waals surface area contributed by atoms with Crippen molar-refractivity contribution in [2.75, 3.05) is 36.6 Å². The number of nitrogens with one attached hydrogen (secondary N) is 1. The van der Waals surface area contributed by atoms with Gasteiger partial charge in [-0.1, -0.05) is 11.6 Å². The van der Waals surface area contributed by atoms with Crippen molar-refractivity contribution in [2.24, 2.45) is 0 Å². The summed E-state index contributed by atoms with van der Waals surface area (Å²) in [6.45, 7) is 0.979. The second-order valence-corrected chi connectivity index (χ2v) is 4.98. The van der Waals surface area contributed by atoms with Crippen molar-refractivity contribution in [3.8, 4) is 0 Å². The number of methoxy groups -OCH3 is 1. The van der Waals surface area contributed by atoms with E-state index in [-0.39, 0.29) is 28.1 Å². The molecular weight excluding hydrogens is 287 g/mol. The van der Waals surface area contributed by atoms with Crippen LogP contribution in [0.15, 0.2) is 6.07 Å². The summed E-state index contributed by atoms with van der Waals surface area (Å²) in [7, 11) is 1.29. The number of anilines is 3. The number of carbonyl (C=O) groups is 1. The Morgan fingerprint density at radius 3 is 2.90 bits per heavy atom. The third-order valence-corrected chi connectivity index (χ3v) is 3.63. The Labute approximate surface area is 120 Å². The molecule has 1 saturated heterocycles. The van der Waals surface area contributed by atoms with E-state index in [9.17, 15) is 9.18 Å². The van der Waals surface area contributed by atoms with Gasteiger partial charge in [0.25, 0.3) is 0 Å². The molecular formula is C12H16ClFN4O2. The normalized spacial score (nSPS) is 18.1. The van der Waals surface area contributed by atoms with E-state index in [4.69, 9.17) is 23.1 Å². The number of nitrogens with two attached hydrogens (primary N) is 2. The molecule has 1 heterocycles. The largest absolute Gasteiger partial charge is 0.453 e. The minimum Gasteiger partial charge on any atom is -0.453 e. The maximum absolute atomic E-state index is 14.2. The van der Waals surface area contributed by atoms with E-state index < -0.39 is 11.9 Å². The molecule has 2 rings (SSSR count). The quantitative estimate of drug-likeness (QED) is 0.721. The van der Waals surface area contributed by atoms with Gasteiger partial charge in [0.2, 0.25) is 0 Å². The lowest BCUT2D eigenvalue weighted by atomic mass is 10.2. The average molecular weight is 303 g/mol. The molecule has 1 aliphatic rings. The number of nitrogen functional groups attached to an aromatic ring is 2. The topological polar surface area (TPSA) is 93.6 Å². The van der Waals surface area contributed by atoms with Gasteiger partial charge in [-0.3, -0.25) is 0 Å². The number of carbonyl (C=O) groups excluding carboxylic acids is 1. The highest BCUT2D eigenvalue weighted by Crippen LogP contribution is 2.37. The van der Waals surface area contributed by atoms with E-state index in [0.29, 0.717) is 19.5 Å². The van der Waals surface area contributed by atoms with E-state index in [2.05, 4.69) is 10.1 Å². The van der Waals surface area contributed by atoms with Crippen LogP contribution in [-0.4, -0.2) is 32.3 Å². The zero-order chi connectivity index (χ0) is 14.9. The molecule has 1 fully saturated rings. The molecule has 20 heavy (non-hydrogen) atoms. The van der Waals surface area contributed by atoms with Gasteiger partial charge in [0.1, 0.15) is 5.02 Å². The van der Waals surface area contributed by atoms with E-state index in [1.807, 2.05) is 0 Å². The van der Waals surface area contributed by atoms with Crippen molar-refractivity contribution in [1.82, 2.24) is 5.32 Å². The Morgan fingerprint density at radius 2 is 2.25 bits per heavy atom. The molecule has 8 heteroatoms. The molecule has 6 nitrogen and oxygen atoms in total. The van der Waals surface area contributed by atoms with E-state index >= 15 is 0 Å². The lowest BCUT2D eigenvalue weighted by Crippen LogP contribution is -2.37. The minimum absolute atomic E-state index is 0.105. The Balaban J connectivity index is 2.18. The van der Waals surface area contributed by atoms with Crippen LogP contribution in [0.25, 0.3) is 0 Å². The van der Waals surface area contributed by atoms with Gasteiger partial charge in [-0.2, -0.15) is 0 Å². The van der Waals surface area contributed by atoms with Crippen molar-refractivity contribution in [3.05, 3.63) is 16.9 Å².